The Kier molecular flexibility index (Phi) is 3.32. The summed E-state index contributed by atoms with van der Waals surface area (Å²) in [6.07, 6.45) is 3.17. The Morgan fingerprint density at radius 3 is 2.76 bits per heavy atom. The molecule has 2 heterocycles. The fraction of sp³-hybridized carbons (Fsp3) is 0.615. The highest BCUT2D eigenvalue weighted by Gasteiger charge is 2.22. The van der Waals surface area contributed by atoms with E-state index < -0.39 is 0 Å². The number of hydrogen-bond acceptors (Lipinski definition) is 5. The van der Waals surface area contributed by atoms with Crippen LogP contribution >= 0.6 is 0 Å². The highest BCUT2D eigenvalue weighted by atomic mass is 16.2. The van der Waals surface area contributed by atoms with Gasteiger partial charge in [-0.3, -0.25) is 13.9 Å². The molecule has 0 aromatic carbocycles. The zero-order chi connectivity index (χ0) is 15.1. The molecule has 1 fully saturated rings. The third-order valence-electron chi connectivity index (χ3n) is 4.23. The molecular formula is C13H20N6O2. The molecule has 1 aliphatic rings. The van der Waals surface area contributed by atoms with Crippen molar-refractivity contribution >= 4 is 17.1 Å². The molecule has 2 aromatic heterocycles. The average Bonchev–Trinajstić information content (AvgIpc) is 3.07. The van der Waals surface area contributed by atoms with Gasteiger partial charge in [-0.15, -0.1) is 0 Å². The molecule has 1 saturated carbocycles. The number of imidazole rings is 1. The highest BCUT2D eigenvalue weighted by Crippen LogP contribution is 2.24. The normalized spacial score (nSPS) is 22.0. The fourth-order valence-electron chi connectivity index (χ4n) is 2.95. The average molecular weight is 292 g/mol. The van der Waals surface area contributed by atoms with Gasteiger partial charge in [0.25, 0.3) is 5.56 Å². The Morgan fingerprint density at radius 2 is 2.10 bits per heavy atom. The van der Waals surface area contributed by atoms with Crippen LogP contribution in [0.5, 0.6) is 0 Å². The number of aryl methyl sites for hydroxylation is 1. The molecule has 0 amide bonds. The second kappa shape index (κ2) is 5.03. The van der Waals surface area contributed by atoms with Crippen molar-refractivity contribution in [1.29, 1.82) is 0 Å². The SMILES string of the molecule is Cn1c(=O)c2[nH]c(NCC3CCC(N)C3)nc2n(C)c1=O. The number of aromatic amines is 1. The molecule has 4 N–H and O–H groups in total. The van der Waals surface area contributed by atoms with Crippen LogP contribution in [0.25, 0.3) is 11.2 Å². The summed E-state index contributed by atoms with van der Waals surface area (Å²) >= 11 is 0. The van der Waals surface area contributed by atoms with Gasteiger partial charge < -0.3 is 16.0 Å². The van der Waals surface area contributed by atoms with Gasteiger partial charge in [0.15, 0.2) is 11.2 Å². The molecule has 3 rings (SSSR count). The maximum absolute atomic E-state index is 12.1. The van der Waals surface area contributed by atoms with E-state index in [0.29, 0.717) is 29.1 Å². The van der Waals surface area contributed by atoms with Crippen LogP contribution in [0.2, 0.25) is 0 Å². The minimum atomic E-state index is -0.382. The van der Waals surface area contributed by atoms with E-state index in [1.54, 1.807) is 7.05 Å². The maximum atomic E-state index is 12.1. The minimum Gasteiger partial charge on any atom is -0.355 e. The molecule has 0 spiro atoms. The van der Waals surface area contributed by atoms with Gasteiger partial charge >= 0.3 is 5.69 Å². The molecule has 0 saturated heterocycles. The highest BCUT2D eigenvalue weighted by molar-refractivity contribution is 5.72. The van der Waals surface area contributed by atoms with Crippen molar-refractivity contribution in [1.82, 2.24) is 19.1 Å². The Morgan fingerprint density at radius 1 is 1.33 bits per heavy atom. The summed E-state index contributed by atoms with van der Waals surface area (Å²) in [4.78, 5) is 31.2. The van der Waals surface area contributed by atoms with E-state index in [-0.39, 0.29) is 11.2 Å². The number of rotatable bonds is 3. The second-order valence-electron chi connectivity index (χ2n) is 5.81. The number of nitrogens with zero attached hydrogens (tertiary/aromatic N) is 3. The summed E-state index contributed by atoms with van der Waals surface area (Å²) in [7, 11) is 3.06. The van der Waals surface area contributed by atoms with E-state index >= 15 is 0 Å². The zero-order valence-electron chi connectivity index (χ0n) is 12.2. The van der Waals surface area contributed by atoms with E-state index in [2.05, 4.69) is 15.3 Å². The number of hydrogen-bond donors (Lipinski definition) is 3. The zero-order valence-corrected chi connectivity index (χ0v) is 12.2. The van der Waals surface area contributed by atoms with Crippen LogP contribution < -0.4 is 22.3 Å². The number of aromatic nitrogens is 4. The first-order chi connectivity index (χ1) is 9.97. The van der Waals surface area contributed by atoms with E-state index in [1.807, 2.05) is 0 Å². The Bertz CT molecular complexity index is 786. The van der Waals surface area contributed by atoms with Gasteiger partial charge in [-0.1, -0.05) is 0 Å². The Balaban J connectivity index is 1.88. The lowest BCUT2D eigenvalue weighted by atomic mass is 10.1. The monoisotopic (exact) mass is 292 g/mol. The molecule has 0 radical (unpaired) electrons. The predicted molar refractivity (Wildman–Crippen MR) is 80.4 cm³/mol. The summed E-state index contributed by atoms with van der Waals surface area (Å²) in [6.45, 7) is 0.766. The topological polar surface area (TPSA) is 111 Å². The fourth-order valence-corrected chi connectivity index (χ4v) is 2.95. The molecule has 2 unspecified atom stereocenters. The van der Waals surface area contributed by atoms with Gasteiger partial charge in [0.2, 0.25) is 5.95 Å². The maximum Gasteiger partial charge on any atom is 0.332 e. The van der Waals surface area contributed by atoms with Crippen molar-refractivity contribution in [3.05, 3.63) is 20.8 Å². The molecule has 21 heavy (non-hydrogen) atoms. The van der Waals surface area contributed by atoms with Gasteiger partial charge in [-0.25, -0.2) is 4.79 Å². The van der Waals surface area contributed by atoms with Crippen molar-refractivity contribution in [2.24, 2.45) is 25.7 Å². The van der Waals surface area contributed by atoms with E-state index in [0.717, 1.165) is 30.4 Å². The van der Waals surface area contributed by atoms with E-state index in [4.69, 9.17) is 5.73 Å². The summed E-state index contributed by atoms with van der Waals surface area (Å²) in [5.41, 5.74) is 5.86. The van der Waals surface area contributed by atoms with Crippen LogP contribution in [-0.4, -0.2) is 31.7 Å². The standard InChI is InChI=1S/C13H20N6O2/c1-18-10-9(11(20)19(2)13(18)21)16-12(17-10)15-6-7-3-4-8(14)5-7/h7-8H,3-6,14H2,1-2H3,(H2,15,16,17). The molecule has 114 valence electrons. The van der Waals surface area contributed by atoms with Crippen molar-refractivity contribution in [3.8, 4) is 0 Å². The smallest absolute Gasteiger partial charge is 0.332 e. The number of anilines is 1. The lowest BCUT2D eigenvalue weighted by molar-refractivity contribution is 0.564. The first-order valence-corrected chi connectivity index (χ1v) is 7.12. The predicted octanol–water partition coefficient (Wildman–Crippen LogP) is -0.500. The third-order valence-corrected chi connectivity index (χ3v) is 4.23. The van der Waals surface area contributed by atoms with Crippen molar-refractivity contribution in [2.75, 3.05) is 11.9 Å². The Labute approximate surface area is 121 Å². The van der Waals surface area contributed by atoms with Crippen LogP contribution in [0, 0.1) is 5.92 Å². The van der Waals surface area contributed by atoms with Crippen LogP contribution in [0.1, 0.15) is 19.3 Å². The quantitative estimate of drug-likeness (QED) is 0.706. The second-order valence-corrected chi connectivity index (χ2v) is 5.81. The van der Waals surface area contributed by atoms with Gasteiger partial charge in [0.05, 0.1) is 0 Å². The lowest BCUT2D eigenvalue weighted by Gasteiger charge is -2.09. The molecular weight excluding hydrogens is 272 g/mol. The van der Waals surface area contributed by atoms with Gasteiger partial charge in [0, 0.05) is 26.7 Å². The van der Waals surface area contributed by atoms with Crippen molar-refractivity contribution < 1.29 is 0 Å². The van der Waals surface area contributed by atoms with Gasteiger partial charge in [-0.05, 0) is 25.2 Å². The van der Waals surface area contributed by atoms with Gasteiger partial charge in [0.1, 0.15) is 0 Å². The summed E-state index contributed by atoms with van der Waals surface area (Å²) in [5, 5.41) is 3.20. The number of nitrogens with two attached hydrogens (primary N) is 1. The van der Waals surface area contributed by atoms with Crippen LogP contribution in [0.15, 0.2) is 9.59 Å². The van der Waals surface area contributed by atoms with Crippen LogP contribution in [0.4, 0.5) is 5.95 Å². The molecule has 2 atom stereocenters. The molecule has 8 nitrogen and oxygen atoms in total. The number of nitrogens with one attached hydrogen (secondary N) is 2. The van der Waals surface area contributed by atoms with Gasteiger partial charge in [-0.2, -0.15) is 4.98 Å². The number of H-pyrrole nitrogens is 1. The largest absolute Gasteiger partial charge is 0.355 e. The van der Waals surface area contributed by atoms with Crippen molar-refractivity contribution in [3.63, 3.8) is 0 Å². The first kappa shape index (κ1) is 13.9. The van der Waals surface area contributed by atoms with E-state index in [9.17, 15) is 9.59 Å². The summed E-state index contributed by atoms with van der Waals surface area (Å²) in [6, 6.07) is 0.292. The molecule has 1 aliphatic carbocycles. The van der Waals surface area contributed by atoms with Crippen LogP contribution in [-0.2, 0) is 14.1 Å². The summed E-state index contributed by atoms with van der Waals surface area (Å²) < 4.78 is 2.43. The summed E-state index contributed by atoms with van der Waals surface area (Å²) in [5.74, 6) is 1.05. The first-order valence-electron chi connectivity index (χ1n) is 7.12. The minimum absolute atomic E-state index is 0.292. The third kappa shape index (κ3) is 2.35. The number of fused-ring (bicyclic) bond motifs is 1. The van der Waals surface area contributed by atoms with Crippen LogP contribution in [0.3, 0.4) is 0 Å². The Hall–Kier alpha value is -2.09. The molecule has 2 aromatic rings. The van der Waals surface area contributed by atoms with Crippen molar-refractivity contribution in [2.45, 2.75) is 25.3 Å². The molecule has 0 bridgehead atoms. The molecule has 0 aliphatic heterocycles. The van der Waals surface area contributed by atoms with E-state index in [1.165, 1.54) is 11.6 Å². The molecule has 8 heteroatoms. The lowest BCUT2D eigenvalue weighted by Crippen LogP contribution is -2.36.